The Morgan fingerprint density at radius 2 is 1.84 bits per heavy atom. The first-order chi connectivity index (χ1) is 17.7. The first-order valence-corrected chi connectivity index (χ1v) is 13.5. The molecule has 0 radical (unpaired) electrons. The van der Waals surface area contributed by atoms with Crippen molar-refractivity contribution in [3.63, 3.8) is 0 Å². The van der Waals surface area contributed by atoms with Crippen LogP contribution in [0.5, 0.6) is 0 Å². The van der Waals surface area contributed by atoms with Crippen LogP contribution in [0.15, 0.2) is 48.8 Å². The standard InChI is InChI=1S/C30H39N5O2/c1-21-17-26(34(19-21)20-31)29(37)35(25-14-12-23(13-15-25)30(2,3)4)27(22-9-8-16-32-18-22)28(36)33-24-10-6-5-7-11-24/h8-9,12-16,18,21,24,26-27H,5-7,10-11,17,19H2,1-4H3,(H,33,36). The van der Waals surface area contributed by atoms with Crippen LogP contribution in [0.2, 0.25) is 0 Å². The normalized spacial score (nSPS) is 21.2. The molecule has 2 amide bonds. The summed E-state index contributed by atoms with van der Waals surface area (Å²) in [6.07, 6.45) is 11.4. The average Bonchev–Trinajstić information content (AvgIpc) is 3.28. The zero-order chi connectivity index (χ0) is 26.6. The van der Waals surface area contributed by atoms with E-state index >= 15 is 0 Å². The summed E-state index contributed by atoms with van der Waals surface area (Å²) in [4.78, 5) is 35.7. The number of nitriles is 1. The number of anilines is 1. The van der Waals surface area contributed by atoms with Crippen LogP contribution in [0.25, 0.3) is 0 Å². The number of rotatable bonds is 6. The van der Waals surface area contributed by atoms with E-state index in [9.17, 15) is 14.9 Å². The molecule has 0 spiro atoms. The van der Waals surface area contributed by atoms with Crippen molar-refractivity contribution in [1.29, 1.82) is 5.26 Å². The van der Waals surface area contributed by atoms with Gasteiger partial charge in [-0.2, -0.15) is 5.26 Å². The molecular weight excluding hydrogens is 462 g/mol. The molecule has 1 N–H and O–H groups in total. The lowest BCUT2D eigenvalue weighted by atomic mass is 9.87. The number of likely N-dealkylation sites (tertiary alicyclic amines) is 1. The van der Waals surface area contributed by atoms with Crippen LogP contribution < -0.4 is 10.2 Å². The molecule has 37 heavy (non-hydrogen) atoms. The second-order valence-corrected chi connectivity index (χ2v) is 11.6. The van der Waals surface area contributed by atoms with Gasteiger partial charge >= 0.3 is 0 Å². The molecule has 2 fully saturated rings. The van der Waals surface area contributed by atoms with E-state index in [1.165, 1.54) is 6.42 Å². The molecule has 1 aromatic carbocycles. The molecule has 2 aromatic rings. The van der Waals surface area contributed by atoms with Gasteiger partial charge in [0.05, 0.1) is 0 Å². The van der Waals surface area contributed by atoms with Gasteiger partial charge in [-0.25, -0.2) is 0 Å². The monoisotopic (exact) mass is 501 g/mol. The second-order valence-electron chi connectivity index (χ2n) is 11.6. The summed E-state index contributed by atoms with van der Waals surface area (Å²) >= 11 is 0. The summed E-state index contributed by atoms with van der Waals surface area (Å²) in [7, 11) is 0. The lowest BCUT2D eigenvalue weighted by Gasteiger charge is -2.35. The Bertz CT molecular complexity index is 1110. The van der Waals surface area contributed by atoms with Gasteiger partial charge in [-0.15, -0.1) is 0 Å². The zero-order valence-corrected chi connectivity index (χ0v) is 22.5. The average molecular weight is 502 g/mol. The minimum absolute atomic E-state index is 0.0486. The van der Waals surface area contributed by atoms with E-state index in [2.05, 4.69) is 44.2 Å². The molecule has 1 aliphatic heterocycles. The molecule has 2 heterocycles. The molecule has 196 valence electrons. The largest absolute Gasteiger partial charge is 0.351 e. The van der Waals surface area contributed by atoms with Crippen molar-refractivity contribution in [2.24, 2.45) is 5.92 Å². The van der Waals surface area contributed by atoms with Crippen LogP contribution in [0.3, 0.4) is 0 Å². The summed E-state index contributed by atoms with van der Waals surface area (Å²) in [6, 6.07) is 10.1. The fourth-order valence-electron chi connectivity index (χ4n) is 5.56. The first-order valence-electron chi connectivity index (χ1n) is 13.5. The molecule has 7 heteroatoms. The van der Waals surface area contributed by atoms with E-state index in [1.807, 2.05) is 30.3 Å². The third-order valence-corrected chi connectivity index (χ3v) is 7.63. The van der Waals surface area contributed by atoms with Crippen LogP contribution >= 0.6 is 0 Å². The highest BCUT2D eigenvalue weighted by Crippen LogP contribution is 2.34. The maximum Gasteiger partial charge on any atom is 0.251 e. The Morgan fingerprint density at radius 3 is 2.43 bits per heavy atom. The number of carbonyl (C=O) groups excluding carboxylic acids is 2. The first kappa shape index (κ1) is 26.7. The van der Waals surface area contributed by atoms with Gasteiger partial charge in [-0.3, -0.25) is 24.4 Å². The number of carbonyl (C=O) groups is 2. The van der Waals surface area contributed by atoms with Crippen molar-refractivity contribution in [3.8, 4) is 6.19 Å². The molecule has 1 aliphatic carbocycles. The van der Waals surface area contributed by atoms with Crippen LogP contribution in [-0.2, 0) is 15.0 Å². The van der Waals surface area contributed by atoms with Gasteiger partial charge < -0.3 is 5.32 Å². The van der Waals surface area contributed by atoms with Crippen LogP contribution in [0, 0.1) is 17.4 Å². The van der Waals surface area contributed by atoms with Crippen molar-refractivity contribution in [3.05, 3.63) is 59.9 Å². The number of nitrogens with zero attached hydrogens (tertiary/aromatic N) is 4. The summed E-state index contributed by atoms with van der Waals surface area (Å²) in [6.45, 7) is 9.02. The third kappa shape index (κ3) is 6.12. The van der Waals surface area contributed by atoms with E-state index in [-0.39, 0.29) is 29.2 Å². The van der Waals surface area contributed by atoms with Crippen molar-refractivity contribution in [1.82, 2.24) is 15.2 Å². The fraction of sp³-hybridized carbons (Fsp3) is 0.533. The Labute approximate surface area is 220 Å². The topological polar surface area (TPSA) is 89.3 Å². The van der Waals surface area contributed by atoms with Gasteiger partial charge in [-0.05, 0) is 54.4 Å². The highest BCUT2D eigenvalue weighted by atomic mass is 16.2. The van der Waals surface area contributed by atoms with Gasteiger partial charge in [0.1, 0.15) is 12.1 Å². The molecule has 1 saturated heterocycles. The second kappa shape index (κ2) is 11.3. The summed E-state index contributed by atoms with van der Waals surface area (Å²) in [5.74, 6) is -0.226. The minimum atomic E-state index is -0.889. The smallest absolute Gasteiger partial charge is 0.251 e. The quantitative estimate of drug-likeness (QED) is 0.557. The fourth-order valence-corrected chi connectivity index (χ4v) is 5.56. The van der Waals surface area contributed by atoms with Crippen LogP contribution in [0.4, 0.5) is 5.69 Å². The van der Waals surface area contributed by atoms with E-state index < -0.39 is 12.1 Å². The van der Waals surface area contributed by atoms with Gasteiger partial charge in [-0.1, -0.05) is 65.2 Å². The third-order valence-electron chi connectivity index (χ3n) is 7.63. The molecule has 3 atom stereocenters. The molecule has 7 nitrogen and oxygen atoms in total. The van der Waals surface area contributed by atoms with Gasteiger partial charge in [0.15, 0.2) is 6.19 Å². The van der Waals surface area contributed by atoms with Crippen molar-refractivity contribution in [2.75, 3.05) is 11.4 Å². The zero-order valence-electron chi connectivity index (χ0n) is 22.5. The van der Waals surface area contributed by atoms with E-state index in [0.717, 1.165) is 31.2 Å². The predicted octanol–water partition coefficient (Wildman–Crippen LogP) is 5.09. The van der Waals surface area contributed by atoms with Crippen LogP contribution in [-0.4, -0.2) is 40.3 Å². The van der Waals surface area contributed by atoms with Crippen molar-refractivity contribution >= 4 is 17.5 Å². The minimum Gasteiger partial charge on any atom is -0.351 e. The lowest BCUT2D eigenvalue weighted by Crippen LogP contribution is -2.51. The van der Waals surface area contributed by atoms with Gasteiger partial charge in [0.25, 0.3) is 5.91 Å². The maximum atomic E-state index is 14.3. The van der Waals surface area contributed by atoms with Crippen molar-refractivity contribution < 1.29 is 9.59 Å². The van der Waals surface area contributed by atoms with E-state index in [0.29, 0.717) is 24.2 Å². The Morgan fingerprint density at radius 1 is 1.14 bits per heavy atom. The summed E-state index contributed by atoms with van der Waals surface area (Å²) in [5, 5.41) is 13.0. The van der Waals surface area contributed by atoms with E-state index in [4.69, 9.17) is 0 Å². The molecule has 0 bridgehead atoms. The van der Waals surface area contributed by atoms with Crippen molar-refractivity contribution in [2.45, 2.75) is 89.8 Å². The number of pyridine rings is 1. The van der Waals surface area contributed by atoms with E-state index in [1.54, 1.807) is 28.3 Å². The SMILES string of the molecule is CC1CC(C(=O)N(c2ccc(C(C)(C)C)cc2)C(C(=O)NC2CCCCC2)c2cccnc2)N(C#N)C1. The molecule has 3 unspecified atom stereocenters. The number of aromatic nitrogens is 1. The van der Waals surface area contributed by atoms with Crippen LogP contribution in [0.1, 0.15) is 83.4 Å². The molecular formula is C30H39N5O2. The summed E-state index contributed by atoms with van der Waals surface area (Å²) in [5.41, 5.74) is 2.38. The number of hydrogen-bond acceptors (Lipinski definition) is 5. The lowest BCUT2D eigenvalue weighted by molar-refractivity contribution is -0.128. The molecule has 4 rings (SSSR count). The molecule has 1 saturated carbocycles. The number of hydrogen-bond donors (Lipinski definition) is 1. The highest BCUT2D eigenvalue weighted by Gasteiger charge is 2.42. The maximum absolute atomic E-state index is 14.3. The Kier molecular flexibility index (Phi) is 8.16. The highest BCUT2D eigenvalue weighted by molar-refractivity contribution is 6.04. The number of nitrogens with one attached hydrogen (secondary N) is 1. The Hall–Kier alpha value is -3.40. The molecule has 1 aromatic heterocycles. The summed E-state index contributed by atoms with van der Waals surface area (Å²) < 4.78 is 0. The molecule has 2 aliphatic rings. The predicted molar refractivity (Wildman–Crippen MR) is 145 cm³/mol. The Balaban J connectivity index is 1.78. The number of amides is 2. The number of benzene rings is 1. The van der Waals surface area contributed by atoms with Gasteiger partial charge in [0.2, 0.25) is 5.91 Å². The van der Waals surface area contributed by atoms with Gasteiger partial charge in [0, 0.05) is 36.2 Å².